The molecule has 0 fully saturated rings. The van der Waals surface area contributed by atoms with Gasteiger partial charge in [0.05, 0.1) is 6.26 Å². The van der Waals surface area contributed by atoms with Crippen molar-refractivity contribution in [3.8, 4) is 0 Å². The molecule has 2 aromatic rings. The first kappa shape index (κ1) is 14.4. The van der Waals surface area contributed by atoms with Gasteiger partial charge >= 0.3 is 0 Å². The topological polar surface area (TPSA) is 62.6 Å². The molecule has 5 heteroatoms. The monoisotopic (exact) mass is 298 g/mol. The van der Waals surface area contributed by atoms with Gasteiger partial charge in [-0.15, -0.1) is 0 Å². The van der Waals surface area contributed by atoms with Gasteiger partial charge in [0.15, 0.2) is 5.76 Å². The third-order valence-corrected chi connectivity index (χ3v) is 3.84. The Bertz CT molecular complexity index is 692. The first-order chi connectivity index (χ1) is 10.7. The van der Waals surface area contributed by atoms with Crippen LogP contribution in [0.4, 0.5) is 5.69 Å². The zero-order valence-electron chi connectivity index (χ0n) is 12.5. The van der Waals surface area contributed by atoms with E-state index in [9.17, 15) is 9.59 Å². The molecule has 1 N–H and O–H groups in total. The third-order valence-electron chi connectivity index (χ3n) is 3.84. The summed E-state index contributed by atoms with van der Waals surface area (Å²) in [7, 11) is 0. The van der Waals surface area contributed by atoms with Crippen LogP contribution >= 0.6 is 0 Å². The van der Waals surface area contributed by atoms with Crippen molar-refractivity contribution in [1.29, 1.82) is 0 Å². The summed E-state index contributed by atoms with van der Waals surface area (Å²) in [6, 6.07) is 9.27. The lowest BCUT2D eigenvalue weighted by Gasteiger charge is -2.28. The minimum Gasteiger partial charge on any atom is -0.459 e. The Morgan fingerprint density at radius 3 is 2.86 bits per heavy atom. The summed E-state index contributed by atoms with van der Waals surface area (Å²) in [4.78, 5) is 25.6. The van der Waals surface area contributed by atoms with Crippen molar-refractivity contribution >= 4 is 17.5 Å². The highest BCUT2D eigenvalue weighted by atomic mass is 16.3. The normalized spacial score (nSPS) is 13.6. The second kappa shape index (κ2) is 6.05. The zero-order valence-corrected chi connectivity index (χ0v) is 12.5. The number of fused-ring (bicyclic) bond motifs is 1. The minimum atomic E-state index is -0.0985. The van der Waals surface area contributed by atoms with Gasteiger partial charge < -0.3 is 14.6 Å². The maximum Gasteiger partial charge on any atom is 0.289 e. The summed E-state index contributed by atoms with van der Waals surface area (Å²) in [5.74, 6) is 0.247. The Balaban J connectivity index is 1.77. The first-order valence-electron chi connectivity index (χ1n) is 7.42. The van der Waals surface area contributed by atoms with E-state index in [0.29, 0.717) is 25.3 Å². The molecule has 0 atom stereocenters. The van der Waals surface area contributed by atoms with Gasteiger partial charge in [-0.25, -0.2) is 0 Å². The Hall–Kier alpha value is -2.56. The average Bonchev–Trinajstić information content (AvgIpc) is 3.07. The Kier molecular flexibility index (Phi) is 3.96. The number of hydrogen-bond donors (Lipinski definition) is 1. The second-order valence-corrected chi connectivity index (χ2v) is 5.34. The molecule has 0 spiro atoms. The summed E-state index contributed by atoms with van der Waals surface area (Å²) in [6.45, 7) is 3.02. The number of rotatable bonds is 3. The lowest BCUT2D eigenvalue weighted by Crippen LogP contribution is -2.35. The molecule has 0 unspecified atom stereocenters. The molecule has 3 rings (SSSR count). The maximum absolute atomic E-state index is 12.3. The van der Waals surface area contributed by atoms with Crippen LogP contribution < -0.4 is 5.32 Å². The number of nitrogens with zero attached hydrogens (tertiary/aromatic N) is 1. The number of carbonyl (C=O) groups excluding carboxylic acids is 2. The number of carbonyl (C=O) groups is 2. The predicted octanol–water partition coefficient (Wildman–Crippen LogP) is 2.83. The molecular formula is C17H18N2O3. The van der Waals surface area contributed by atoms with Crippen LogP contribution in [0.25, 0.3) is 0 Å². The number of amides is 2. The maximum atomic E-state index is 12.3. The molecule has 2 heterocycles. The smallest absolute Gasteiger partial charge is 0.289 e. The predicted molar refractivity (Wildman–Crippen MR) is 82.5 cm³/mol. The van der Waals surface area contributed by atoms with E-state index in [1.807, 2.05) is 25.1 Å². The summed E-state index contributed by atoms with van der Waals surface area (Å²) in [5.41, 5.74) is 3.07. The number of nitrogens with one attached hydrogen (secondary N) is 1. The molecule has 114 valence electrons. The van der Waals surface area contributed by atoms with Crippen LogP contribution in [0.1, 0.15) is 35.0 Å². The Morgan fingerprint density at radius 1 is 1.27 bits per heavy atom. The number of anilines is 1. The third kappa shape index (κ3) is 2.88. The van der Waals surface area contributed by atoms with Crippen molar-refractivity contribution in [2.75, 3.05) is 11.9 Å². The van der Waals surface area contributed by atoms with E-state index in [2.05, 4.69) is 5.32 Å². The lowest BCUT2D eigenvalue weighted by atomic mass is 9.99. The van der Waals surface area contributed by atoms with Crippen LogP contribution in [-0.2, 0) is 17.8 Å². The first-order valence-corrected chi connectivity index (χ1v) is 7.42. The average molecular weight is 298 g/mol. The van der Waals surface area contributed by atoms with Gasteiger partial charge in [0, 0.05) is 25.2 Å². The van der Waals surface area contributed by atoms with E-state index in [4.69, 9.17) is 4.42 Å². The van der Waals surface area contributed by atoms with E-state index in [1.165, 1.54) is 11.8 Å². The second-order valence-electron chi connectivity index (χ2n) is 5.34. The van der Waals surface area contributed by atoms with E-state index in [0.717, 1.165) is 17.7 Å². The molecule has 0 bridgehead atoms. The van der Waals surface area contributed by atoms with Crippen molar-refractivity contribution < 1.29 is 14.0 Å². The number of hydrogen-bond acceptors (Lipinski definition) is 3. The van der Waals surface area contributed by atoms with Crippen molar-refractivity contribution in [2.45, 2.75) is 26.3 Å². The lowest BCUT2D eigenvalue weighted by molar-refractivity contribution is -0.115. The highest BCUT2D eigenvalue weighted by Gasteiger charge is 2.23. The van der Waals surface area contributed by atoms with E-state index in [-0.39, 0.29) is 11.8 Å². The van der Waals surface area contributed by atoms with Crippen LogP contribution in [0.15, 0.2) is 41.0 Å². The minimum absolute atomic E-state index is 0.0146. The summed E-state index contributed by atoms with van der Waals surface area (Å²) in [5, 5.41) is 2.85. The van der Waals surface area contributed by atoms with Gasteiger partial charge in [0.2, 0.25) is 5.91 Å². The fourth-order valence-corrected chi connectivity index (χ4v) is 2.61. The van der Waals surface area contributed by atoms with Crippen LogP contribution in [0.3, 0.4) is 0 Å². The van der Waals surface area contributed by atoms with Crippen molar-refractivity contribution in [1.82, 2.24) is 4.90 Å². The molecule has 22 heavy (non-hydrogen) atoms. The molecule has 0 saturated heterocycles. The summed E-state index contributed by atoms with van der Waals surface area (Å²) in [6.07, 6.45) is 2.76. The van der Waals surface area contributed by atoms with Crippen LogP contribution in [0, 0.1) is 0 Å². The zero-order chi connectivity index (χ0) is 15.5. The largest absolute Gasteiger partial charge is 0.459 e. The fourth-order valence-electron chi connectivity index (χ4n) is 2.61. The van der Waals surface area contributed by atoms with Crippen molar-refractivity contribution in [2.24, 2.45) is 0 Å². The van der Waals surface area contributed by atoms with Gasteiger partial charge in [-0.05, 0) is 41.8 Å². The van der Waals surface area contributed by atoms with Crippen molar-refractivity contribution in [3.63, 3.8) is 0 Å². The van der Waals surface area contributed by atoms with E-state index >= 15 is 0 Å². The van der Waals surface area contributed by atoms with Crippen LogP contribution in [0.5, 0.6) is 0 Å². The molecule has 5 nitrogen and oxygen atoms in total. The SMILES string of the molecule is CCC(=O)Nc1ccc2c(c1)CN(C(=O)c1ccco1)CC2. The Labute approximate surface area is 128 Å². The molecule has 0 radical (unpaired) electrons. The number of benzene rings is 1. The Morgan fingerprint density at radius 2 is 2.14 bits per heavy atom. The highest BCUT2D eigenvalue weighted by molar-refractivity contribution is 5.92. The molecular weight excluding hydrogens is 280 g/mol. The highest BCUT2D eigenvalue weighted by Crippen LogP contribution is 2.24. The molecule has 2 amide bonds. The fraction of sp³-hybridized carbons (Fsp3) is 0.294. The van der Waals surface area contributed by atoms with Gasteiger partial charge in [0.1, 0.15) is 0 Å². The van der Waals surface area contributed by atoms with Gasteiger partial charge in [0.25, 0.3) is 5.91 Å². The van der Waals surface area contributed by atoms with Crippen LogP contribution in [0.2, 0.25) is 0 Å². The van der Waals surface area contributed by atoms with Gasteiger partial charge in [-0.3, -0.25) is 9.59 Å². The standard InChI is InChI=1S/C17H18N2O3/c1-2-16(20)18-14-6-5-12-7-8-19(11-13(12)10-14)17(21)15-4-3-9-22-15/h3-6,9-10H,2,7-8,11H2,1H3,(H,18,20). The molecule has 1 aliphatic rings. The van der Waals surface area contributed by atoms with Crippen LogP contribution in [-0.4, -0.2) is 23.3 Å². The molecule has 1 aliphatic heterocycles. The molecule has 1 aromatic heterocycles. The van der Waals surface area contributed by atoms with Gasteiger partial charge in [-0.2, -0.15) is 0 Å². The molecule has 0 saturated carbocycles. The van der Waals surface area contributed by atoms with E-state index in [1.54, 1.807) is 17.0 Å². The molecule has 1 aromatic carbocycles. The summed E-state index contributed by atoms with van der Waals surface area (Å²) < 4.78 is 5.18. The van der Waals surface area contributed by atoms with E-state index < -0.39 is 0 Å². The summed E-state index contributed by atoms with van der Waals surface area (Å²) >= 11 is 0. The van der Waals surface area contributed by atoms with Gasteiger partial charge in [-0.1, -0.05) is 13.0 Å². The quantitative estimate of drug-likeness (QED) is 0.947. The molecule has 0 aliphatic carbocycles. The number of furan rings is 1. The van der Waals surface area contributed by atoms with Crippen molar-refractivity contribution in [3.05, 3.63) is 53.5 Å².